The van der Waals surface area contributed by atoms with E-state index in [2.05, 4.69) is 55.1 Å². The summed E-state index contributed by atoms with van der Waals surface area (Å²) < 4.78 is 6.08. The van der Waals surface area contributed by atoms with Crippen molar-refractivity contribution in [3.8, 4) is 0 Å². The number of hydrogen-bond donors (Lipinski definition) is 0. The number of aryl methyl sites for hydroxylation is 1. The predicted octanol–water partition coefficient (Wildman–Crippen LogP) is 6.56. The standard InChI is InChI=1S/C29H23N3O/c1-4-24-19-11-7-6-10-18(19)21-15-14-20-23(25(5-2)31-17(3)28(21)32-24)16-30-29-27(20)22-12-8-9-13-26(22)33-29/h4-13,16,21,28H,1-3,14-15H2. The molecule has 0 saturated heterocycles. The maximum absolute atomic E-state index is 6.08. The van der Waals surface area contributed by atoms with Crippen molar-refractivity contribution in [1.29, 1.82) is 0 Å². The van der Waals surface area contributed by atoms with Crippen LogP contribution in [0.4, 0.5) is 0 Å². The van der Waals surface area contributed by atoms with Crippen LogP contribution in [0.25, 0.3) is 22.1 Å². The van der Waals surface area contributed by atoms with Crippen LogP contribution in [0, 0.1) is 0 Å². The minimum Gasteiger partial charge on any atom is -0.438 e. The second-order valence-electron chi connectivity index (χ2n) is 8.52. The van der Waals surface area contributed by atoms with Gasteiger partial charge in [-0.3, -0.25) is 9.98 Å². The van der Waals surface area contributed by atoms with Gasteiger partial charge < -0.3 is 4.42 Å². The molecule has 4 heteroatoms. The number of aliphatic imine (C=N–C) groups is 2. The van der Waals surface area contributed by atoms with Gasteiger partial charge in [-0.2, -0.15) is 0 Å². The number of rotatable bonds is 2. The summed E-state index contributed by atoms with van der Waals surface area (Å²) in [5.41, 5.74) is 8.47. The fraction of sp³-hybridized carbons (Fsp3) is 0.138. The summed E-state index contributed by atoms with van der Waals surface area (Å²) in [6.07, 6.45) is 7.21. The van der Waals surface area contributed by atoms with E-state index in [-0.39, 0.29) is 12.0 Å². The molecular formula is C29H23N3O. The number of hydrogen-bond acceptors (Lipinski definition) is 4. The van der Waals surface area contributed by atoms with Gasteiger partial charge in [0.1, 0.15) is 5.58 Å². The molecule has 0 saturated carbocycles. The SMILES string of the molecule is C=CC1=NC2C(=C)N=C(C=C)c3cnc4oc5ccccc5c4c3CCC2c2ccccc21. The van der Waals surface area contributed by atoms with Gasteiger partial charge in [0.2, 0.25) is 5.71 Å². The Kier molecular flexibility index (Phi) is 4.47. The van der Waals surface area contributed by atoms with Crippen LogP contribution in [0.3, 0.4) is 0 Å². The van der Waals surface area contributed by atoms with Gasteiger partial charge in [-0.05, 0) is 42.2 Å². The van der Waals surface area contributed by atoms with Crippen molar-refractivity contribution < 1.29 is 4.42 Å². The molecule has 0 bridgehead atoms. The fourth-order valence-corrected chi connectivity index (χ4v) is 5.28. The first-order valence-electron chi connectivity index (χ1n) is 11.2. The lowest BCUT2D eigenvalue weighted by Crippen LogP contribution is -2.27. The Hall–Kier alpha value is -4.05. The number of pyridine rings is 1. The van der Waals surface area contributed by atoms with Crippen LogP contribution in [0.5, 0.6) is 0 Å². The lowest BCUT2D eigenvalue weighted by atomic mass is 9.79. The Morgan fingerprint density at radius 3 is 2.58 bits per heavy atom. The average Bonchev–Trinajstić information content (AvgIpc) is 3.25. The molecule has 0 aliphatic carbocycles. The van der Waals surface area contributed by atoms with Crippen LogP contribution in [-0.4, -0.2) is 22.4 Å². The third-order valence-electron chi connectivity index (χ3n) is 6.78. The largest absolute Gasteiger partial charge is 0.438 e. The molecule has 2 aliphatic rings. The molecule has 2 unspecified atom stereocenters. The van der Waals surface area contributed by atoms with Gasteiger partial charge >= 0.3 is 0 Å². The number of para-hydroxylation sites is 1. The van der Waals surface area contributed by atoms with E-state index in [1.807, 2.05) is 30.5 Å². The number of benzene rings is 2. The summed E-state index contributed by atoms with van der Waals surface area (Å²) >= 11 is 0. The highest BCUT2D eigenvalue weighted by molar-refractivity contribution is 6.15. The minimum atomic E-state index is -0.151. The predicted molar refractivity (Wildman–Crippen MR) is 135 cm³/mol. The highest BCUT2D eigenvalue weighted by atomic mass is 16.3. The minimum absolute atomic E-state index is 0.151. The number of furan rings is 1. The van der Waals surface area contributed by atoms with E-state index in [1.165, 1.54) is 11.1 Å². The normalized spacial score (nSPS) is 19.9. The molecule has 0 N–H and O–H groups in total. The first-order chi connectivity index (χ1) is 16.2. The van der Waals surface area contributed by atoms with Crippen molar-refractivity contribution in [2.24, 2.45) is 9.98 Å². The molecule has 4 aromatic rings. The van der Waals surface area contributed by atoms with Crippen LogP contribution in [0.2, 0.25) is 0 Å². The van der Waals surface area contributed by atoms with Crippen LogP contribution in [0.1, 0.15) is 34.6 Å². The van der Waals surface area contributed by atoms with Crippen LogP contribution in [-0.2, 0) is 6.42 Å². The van der Waals surface area contributed by atoms with E-state index < -0.39 is 0 Å². The van der Waals surface area contributed by atoms with Gasteiger partial charge in [0.05, 0.1) is 28.5 Å². The Balaban J connectivity index is 1.61. The third-order valence-corrected chi connectivity index (χ3v) is 6.78. The highest BCUT2D eigenvalue weighted by Gasteiger charge is 2.33. The zero-order chi connectivity index (χ0) is 22.5. The zero-order valence-corrected chi connectivity index (χ0v) is 18.3. The Morgan fingerprint density at radius 1 is 0.939 bits per heavy atom. The third kappa shape index (κ3) is 2.94. The molecule has 6 rings (SSSR count). The average molecular weight is 430 g/mol. The molecule has 160 valence electrons. The first-order valence-corrected chi connectivity index (χ1v) is 11.2. The molecule has 4 heterocycles. The number of allylic oxidation sites excluding steroid dienone is 2. The van der Waals surface area contributed by atoms with Crippen molar-refractivity contribution in [2.75, 3.05) is 0 Å². The maximum atomic E-state index is 6.08. The second kappa shape index (κ2) is 7.52. The van der Waals surface area contributed by atoms with Gasteiger partial charge in [-0.1, -0.05) is 62.2 Å². The van der Waals surface area contributed by atoms with Gasteiger partial charge in [0.15, 0.2) is 0 Å². The second-order valence-corrected chi connectivity index (χ2v) is 8.52. The van der Waals surface area contributed by atoms with Crippen molar-refractivity contribution in [3.05, 3.63) is 115 Å². The molecule has 4 nitrogen and oxygen atoms in total. The monoisotopic (exact) mass is 429 g/mol. The van der Waals surface area contributed by atoms with E-state index in [1.54, 1.807) is 6.08 Å². The molecule has 0 radical (unpaired) electrons. The quantitative estimate of drug-likeness (QED) is 0.362. The zero-order valence-electron chi connectivity index (χ0n) is 18.3. The van der Waals surface area contributed by atoms with E-state index in [9.17, 15) is 0 Å². The first kappa shape index (κ1) is 19.6. The van der Waals surface area contributed by atoms with Gasteiger partial charge in [0.25, 0.3) is 0 Å². The Bertz CT molecular complexity index is 1540. The van der Waals surface area contributed by atoms with E-state index in [4.69, 9.17) is 14.4 Å². The van der Waals surface area contributed by atoms with Crippen molar-refractivity contribution in [3.63, 3.8) is 0 Å². The van der Waals surface area contributed by atoms with E-state index in [0.717, 1.165) is 57.4 Å². The molecule has 2 aromatic carbocycles. The van der Waals surface area contributed by atoms with Gasteiger partial charge in [-0.25, -0.2) is 4.98 Å². The van der Waals surface area contributed by atoms with Crippen molar-refractivity contribution in [1.82, 2.24) is 4.98 Å². The van der Waals surface area contributed by atoms with E-state index >= 15 is 0 Å². The summed E-state index contributed by atoms with van der Waals surface area (Å²) in [5, 5.41) is 2.13. The fourth-order valence-electron chi connectivity index (χ4n) is 5.28. The van der Waals surface area contributed by atoms with Crippen LogP contribution in [0.15, 0.2) is 107 Å². The lowest BCUT2D eigenvalue weighted by Gasteiger charge is -2.31. The Morgan fingerprint density at radius 2 is 1.73 bits per heavy atom. The molecule has 2 atom stereocenters. The number of aromatic nitrogens is 1. The maximum Gasteiger partial charge on any atom is 0.227 e. The smallest absolute Gasteiger partial charge is 0.227 e. The summed E-state index contributed by atoms with van der Waals surface area (Å²) in [4.78, 5) is 14.6. The summed E-state index contributed by atoms with van der Waals surface area (Å²) in [6, 6.07) is 16.4. The molecular weight excluding hydrogens is 406 g/mol. The van der Waals surface area contributed by atoms with Crippen molar-refractivity contribution in [2.45, 2.75) is 24.8 Å². The molecule has 2 aromatic heterocycles. The highest BCUT2D eigenvalue weighted by Crippen LogP contribution is 2.41. The molecule has 33 heavy (non-hydrogen) atoms. The lowest BCUT2D eigenvalue weighted by molar-refractivity contribution is 0.541. The summed E-state index contributed by atoms with van der Waals surface area (Å²) in [6.45, 7) is 12.4. The van der Waals surface area contributed by atoms with Crippen LogP contribution < -0.4 is 0 Å². The van der Waals surface area contributed by atoms with E-state index in [0.29, 0.717) is 5.71 Å². The molecule has 0 amide bonds. The number of nitrogens with zero attached hydrogens (tertiary/aromatic N) is 3. The molecule has 2 aliphatic heterocycles. The van der Waals surface area contributed by atoms with Crippen molar-refractivity contribution >= 4 is 33.5 Å². The summed E-state index contributed by atoms with van der Waals surface area (Å²) in [5.74, 6) is 0.166. The topological polar surface area (TPSA) is 50.8 Å². The summed E-state index contributed by atoms with van der Waals surface area (Å²) in [7, 11) is 0. The number of fused-ring (bicyclic) bond motifs is 8. The van der Waals surface area contributed by atoms with Crippen LogP contribution >= 0.6 is 0 Å². The molecule has 0 spiro atoms. The Labute approximate surface area is 192 Å². The van der Waals surface area contributed by atoms with Gasteiger partial charge in [-0.15, -0.1) is 0 Å². The molecule has 0 fully saturated rings. The van der Waals surface area contributed by atoms with Gasteiger partial charge in [0, 0.05) is 28.6 Å².